The van der Waals surface area contributed by atoms with Gasteiger partial charge in [-0.1, -0.05) is 13.8 Å². The van der Waals surface area contributed by atoms with Crippen molar-refractivity contribution < 1.29 is 4.79 Å². The molecule has 0 unspecified atom stereocenters. The number of rotatable bonds is 4. The Morgan fingerprint density at radius 2 is 2.17 bits per heavy atom. The highest BCUT2D eigenvalue weighted by atomic mass is 32.1. The summed E-state index contributed by atoms with van der Waals surface area (Å²) in [6.45, 7) is 4.38. The van der Waals surface area contributed by atoms with Gasteiger partial charge < -0.3 is 0 Å². The van der Waals surface area contributed by atoms with Gasteiger partial charge in [0.25, 0.3) is 0 Å². The zero-order chi connectivity index (χ0) is 8.97. The normalized spacial score (nSPS) is 10.6. The average molecular weight is 182 g/mol. The highest BCUT2D eigenvalue weighted by Crippen LogP contribution is 2.28. The van der Waals surface area contributed by atoms with Crippen LogP contribution in [0.1, 0.15) is 47.8 Å². The van der Waals surface area contributed by atoms with E-state index in [4.69, 9.17) is 0 Å². The first-order chi connectivity index (χ1) is 5.81. The van der Waals surface area contributed by atoms with E-state index in [1.165, 1.54) is 4.88 Å². The molecular weight excluding hydrogens is 168 g/mol. The van der Waals surface area contributed by atoms with Gasteiger partial charge in [0, 0.05) is 15.8 Å². The van der Waals surface area contributed by atoms with Crippen molar-refractivity contribution in [1.82, 2.24) is 0 Å². The van der Waals surface area contributed by atoms with Crippen molar-refractivity contribution >= 4 is 17.6 Å². The van der Waals surface area contributed by atoms with Gasteiger partial charge in [-0.25, -0.2) is 0 Å². The van der Waals surface area contributed by atoms with Crippen molar-refractivity contribution in [2.75, 3.05) is 0 Å². The van der Waals surface area contributed by atoms with E-state index in [1.54, 1.807) is 11.3 Å². The molecule has 0 saturated heterocycles. The van der Waals surface area contributed by atoms with Gasteiger partial charge in [0.15, 0.2) is 6.29 Å². The third-order valence-electron chi connectivity index (χ3n) is 2.16. The predicted molar refractivity (Wildman–Crippen MR) is 53.0 cm³/mol. The Bertz CT molecular complexity index is 248. The minimum absolute atomic E-state index is 0.642. The predicted octanol–water partition coefficient (Wildman–Crippen LogP) is 3.46. The molecule has 1 nitrogen and oxygen atoms in total. The molecule has 2 heteroatoms. The first kappa shape index (κ1) is 9.46. The van der Waals surface area contributed by atoms with Crippen molar-refractivity contribution in [2.24, 2.45) is 0 Å². The lowest BCUT2D eigenvalue weighted by molar-refractivity contribution is 0.112. The standard InChI is InChI=1S/C10H14OS/c1-3-9(4-2)10-5-8(6-11)7-12-10/h5-7,9H,3-4H2,1-2H3. The molecule has 0 aliphatic carbocycles. The number of carbonyl (C=O) groups is 1. The van der Waals surface area contributed by atoms with Crippen molar-refractivity contribution in [3.8, 4) is 0 Å². The summed E-state index contributed by atoms with van der Waals surface area (Å²) < 4.78 is 0. The summed E-state index contributed by atoms with van der Waals surface area (Å²) in [6, 6.07) is 2.01. The lowest BCUT2D eigenvalue weighted by atomic mass is 10.0. The lowest BCUT2D eigenvalue weighted by Gasteiger charge is -2.08. The Hall–Kier alpha value is -0.630. The average Bonchev–Trinajstić information content (AvgIpc) is 2.55. The van der Waals surface area contributed by atoms with Gasteiger partial charge >= 0.3 is 0 Å². The Kier molecular flexibility index (Phi) is 3.48. The molecule has 0 amide bonds. The van der Waals surface area contributed by atoms with Gasteiger partial charge in [-0.2, -0.15) is 0 Å². The van der Waals surface area contributed by atoms with Crippen LogP contribution >= 0.6 is 11.3 Å². The number of hydrogen-bond donors (Lipinski definition) is 0. The van der Waals surface area contributed by atoms with Crippen LogP contribution in [0.2, 0.25) is 0 Å². The van der Waals surface area contributed by atoms with Crippen LogP contribution in [0.3, 0.4) is 0 Å². The first-order valence-corrected chi connectivity index (χ1v) is 5.23. The summed E-state index contributed by atoms with van der Waals surface area (Å²) in [6.07, 6.45) is 3.24. The fourth-order valence-corrected chi connectivity index (χ4v) is 2.46. The molecule has 0 bridgehead atoms. The van der Waals surface area contributed by atoms with Crippen LogP contribution in [-0.4, -0.2) is 6.29 Å². The van der Waals surface area contributed by atoms with Crippen LogP contribution in [0.25, 0.3) is 0 Å². The summed E-state index contributed by atoms with van der Waals surface area (Å²) in [5, 5.41) is 1.93. The van der Waals surface area contributed by atoms with E-state index in [0.29, 0.717) is 5.92 Å². The maximum atomic E-state index is 10.4. The highest BCUT2D eigenvalue weighted by molar-refractivity contribution is 7.10. The van der Waals surface area contributed by atoms with Gasteiger partial charge in [-0.3, -0.25) is 4.79 Å². The van der Waals surface area contributed by atoms with Crippen LogP contribution in [0, 0.1) is 0 Å². The number of aldehydes is 1. The van der Waals surface area contributed by atoms with Gasteiger partial charge in [0.05, 0.1) is 0 Å². The maximum Gasteiger partial charge on any atom is 0.150 e. The molecule has 0 aliphatic heterocycles. The van der Waals surface area contributed by atoms with Gasteiger partial charge in [-0.05, 0) is 24.8 Å². The Labute approximate surface area is 77.4 Å². The van der Waals surface area contributed by atoms with E-state index in [9.17, 15) is 4.79 Å². The summed E-state index contributed by atoms with van der Waals surface area (Å²) in [7, 11) is 0. The van der Waals surface area contributed by atoms with E-state index in [2.05, 4.69) is 13.8 Å². The molecule has 0 N–H and O–H groups in total. The number of carbonyl (C=O) groups excluding carboxylic acids is 1. The molecule has 0 fully saturated rings. The molecule has 1 heterocycles. The van der Waals surface area contributed by atoms with Crippen molar-refractivity contribution in [1.29, 1.82) is 0 Å². The minimum Gasteiger partial charge on any atom is -0.298 e. The maximum absolute atomic E-state index is 10.4. The highest BCUT2D eigenvalue weighted by Gasteiger charge is 2.08. The van der Waals surface area contributed by atoms with Crippen LogP contribution < -0.4 is 0 Å². The second-order valence-electron chi connectivity index (χ2n) is 2.91. The fraction of sp³-hybridized carbons (Fsp3) is 0.500. The van der Waals surface area contributed by atoms with Gasteiger partial charge in [0.1, 0.15) is 0 Å². The van der Waals surface area contributed by atoms with E-state index in [1.807, 2.05) is 11.4 Å². The zero-order valence-corrected chi connectivity index (χ0v) is 8.36. The van der Waals surface area contributed by atoms with Crippen LogP contribution in [0.5, 0.6) is 0 Å². The van der Waals surface area contributed by atoms with E-state index in [0.717, 1.165) is 24.7 Å². The van der Waals surface area contributed by atoms with Crippen molar-refractivity contribution in [2.45, 2.75) is 32.6 Å². The molecule has 0 aromatic carbocycles. The van der Waals surface area contributed by atoms with Gasteiger partial charge in [0.2, 0.25) is 0 Å². The Morgan fingerprint density at radius 3 is 2.58 bits per heavy atom. The number of hydrogen-bond acceptors (Lipinski definition) is 2. The van der Waals surface area contributed by atoms with Crippen LogP contribution in [-0.2, 0) is 0 Å². The molecule has 0 saturated carbocycles. The molecule has 12 heavy (non-hydrogen) atoms. The molecule has 1 aromatic rings. The van der Waals surface area contributed by atoms with Gasteiger partial charge in [-0.15, -0.1) is 11.3 Å². The SMILES string of the molecule is CCC(CC)c1cc(C=O)cs1. The van der Waals surface area contributed by atoms with Crippen molar-refractivity contribution in [3.05, 3.63) is 21.9 Å². The third kappa shape index (κ3) is 1.95. The van der Waals surface area contributed by atoms with Crippen molar-refractivity contribution in [3.63, 3.8) is 0 Å². The second-order valence-corrected chi connectivity index (χ2v) is 3.86. The molecule has 1 rings (SSSR count). The summed E-state index contributed by atoms with van der Waals surface area (Å²) >= 11 is 1.70. The largest absolute Gasteiger partial charge is 0.298 e. The molecule has 0 atom stereocenters. The summed E-state index contributed by atoms with van der Waals surface area (Å²) in [4.78, 5) is 11.8. The third-order valence-corrected chi connectivity index (χ3v) is 3.28. The van der Waals surface area contributed by atoms with Crippen LogP contribution in [0.15, 0.2) is 11.4 Å². The molecule has 0 spiro atoms. The Balaban J connectivity index is 2.79. The quantitative estimate of drug-likeness (QED) is 0.652. The molecule has 66 valence electrons. The zero-order valence-electron chi connectivity index (χ0n) is 7.54. The summed E-state index contributed by atoms with van der Waals surface area (Å²) in [5.74, 6) is 0.642. The number of thiophene rings is 1. The van der Waals surface area contributed by atoms with E-state index >= 15 is 0 Å². The van der Waals surface area contributed by atoms with E-state index < -0.39 is 0 Å². The smallest absolute Gasteiger partial charge is 0.150 e. The molecule has 1 aromatic heterocycles. The Morgan fingerprint density at radius 1 is 1.50 bits per heavy atom. The lowest BCUT2D eigenvalue weighted by Crippen LogP contribution is -1.90. The fourth-order valence-electron chi connectivity index (χ4n) is 1.34. The first-order valence-electron chi connectivity index (χ1n) is 4.35. The molecule has 0 radical (unpaired) electrons. The minimum atomic E-state index is 0.642. The monoisotopic (exact) mass is 182 g/mol. The molecular formula is C10H14OS. The topological polar surface area (TPSA) is 17.1 Å². The summed E-state index contributed by atoms with van der Waals surface area (Å²) in [5.41, 5.74) is 0.821. The molecule has 0 aliphatic rings. The second kappa shape index (κ2) is 4.41. The van der Waals surface area contributed by atoms with E-state index in [-0.39, 0.29) is 0 Å². The van der Waals surface area contributed by atoms with Crippen LogP contribution in [0.4, 0.5) is 0 Å².